The Bertz CT molecular complexity index is 805. The monoisotopic (exact) mass is 359 g/mol. The SMILES string of the molecule is Cl.NCCN(CCc1ccccc1)C(=O)Cc1noc2ccccc12. The maximum atomic E-state index is 12.7. The van der Waals surface area contributed by atoms with Crippen LogP contribution in [0.2, 0.25) is 0 Å². The van der Waals surface area contributed by atoms with E-state index in [2.05, 4.69) is 17.3 Å². The summed E-state index contributed by atoms with van der Waals surface area (Å²) in [4.78, 5) is 14.5. The highest BCUT2D eigenvalue weighted by Crippen LogP contribution is 2.18. The third-order valence-corrected chi connectivity index (χ3v) is 4.04. The maximum absolute atomic E-state index is 12.7. The van der Waals surface area contributed by atoms with Gasteiger partial charge < -0.3 is 15.2 Å². The summed E-state index contributed by atoms with van der Waals surface area (Å²) in [7, 11) is 0. The van der Waals surface area contributed by atoms with Crippen molar-refractivity contribution in [3.63, 3.8) is 0 Å². The normalized spacial score (nSPS) is 10.4. The first-order valence-corrected chi connectivity index (χ1v) is 8.13. The van der Waals surface area contributed by atoms with Crippen LogP contribution >= 0.6 is 12.4 Å². The summed E-state index contributed by atoms with van der Waals surface area (Å²) in [5, 5.41) is 4.93. The van der Waals surface area contributed by atoms with E-state index in [1.807, 2.05) is 42.5 Å². The molecule has 0 fully saturated rings. The Morgan fingerprint density at radius 1 is 1.04 bits per heavy atom. The molecule has 3 aromatic rings. The molecule has 0 aliphatic rings. The van der Waals surface area contributed by atoms with Gasteiger partial charge in [0, 0.05) is 25.0 Å². The highest BCUT2D eigenvalue weighted by atomic mass is 35.5. The van der Waals surface area contributed by atoms with E-state index in [1.165, 1.54) is 5.56 Å². The molecule has 0 aliphatic carbocycles. The lowest BCUT2D eigenvalue weighted by molar-refractivity contribution is -0.130. The molecule has 25 heavy (non-hydrogen) atoms. The summed E-state index contributed by atoms with van der Waals surface area (Å²) in [5.41, 5.74) is 8.26. The molecule has 1 amide bonds. The van der Waals surface area contributed by atoms with Crippen molar-refractivity contribution in [1.82, 2.24) is 10.1 Å². The number of carbonyl (C=O) groups is 1. The molecule has 6 heteroatoms. The first kappa shape index (κ1) is 19.0. The Morgan fingerprint density at radius 3 is 2.52 bits per heavy atom. The largest absolute Gasteiger partial charge is 0.356 e. The van der Waals surface area contributed by atoms with Crippen molar-refractivity contribution < 1.29 is 9.32 Å². The van der Waals surface area contributed by atoms with Gasteiger partial charge in [0.2, 0.25) is 5.91 Å². The highest BCUT2D eigenvalue weighted by Gasteiger charge is 2.17. The van der Waals surface area contributed by atoms with E-state index in [0.29, 0.717) is 30.9 Å². The van der Waals surface area contributed by atoms with Crippen molar-refractivity contribution in [2.45, 2.75) is 12.8 Å². The standard InChI is InChI=1S/C19H21N3O2.ClH/c20-11-13-22(12-10-15-6-2-1-3-7-15)19(23)14-17-16-8-4-5-9-18(16)24-21-17;/h1-9H,10-14,20H2;1H. The first-order chi connectivity index (χ1) is 11.8. The summed E-state index contributed by atoms with van der Waals surface area (Å²) in [6.07, 6.45) is 1.04. The molecule has 2 aromatic carbocycles. The van der Waals surface area contributed by atoms with Crippen molar-refractivity contribution >= 4 is 29.3 Å². The zero-order valence-corrected chi connectivity index (χ0v) is 14.7. The van der Waals surface area contributed by atoms with Crippen molar-refractivity contribution in [2.75, 3.05) is 19.6 Å². The average Bonchev–Trinajstić information content (AvgIpc) is 3.02. The van der Waals surface area contributed by atoms with E-state index in [9.17, 15) is 4.79 Å². The topological polar surface area (TPSA) is 72.4 Å². The fourth-order valence-electron chi connectivity index (χ4n) is 2.75. The van der Waals surface area contributed by atoms with Crippen LogP contribution in [0.3, 0.4) is 0 Å². The summed E-state index contributed by atoms with van der Waals surface area (Å²) in [6, 6.07) is 17.7. The third-order valence-electron chi connectivity index (χ3n) is 4.04. The average molecular weight is 360 g/mol. The second-order valence-corrected chi connectivity index (χ2v) is 5.71. The number of aromatic nitrogens is 1. The lowest BCUT2D eigenvalue weighted by atomic mass is 10.1. The minimum Gasteiger partial charge on any atom is -0.356 e. The first-order valence-electron chi connectivity index (χ1n) is 8.13. The predicted octanol–water partition coefficient (Wildman–Crippen LogP) is 2.82. The van der Waals surface area contributed by atoms with Gasteiger partial charge in [-0.2, -0.15) is 0 Å². The Labute approximate surface area is 153 Å². The Hall–Kier alpha value is -2.37. The van der Waals surface area contributed by atoms with Gasteiger partial charge in [-0.15, -0.1) is 12.4 Å². The zero-order valence-electron chi connectivity index (χ0n) is 13.9. The minimum absolute atomic E-state index is 0. The molecule has 0 atom stereocenters. The van der Waals surface area contributed by atoms with Crippen LogP contribution in [0.15, 0.2) is 59.1 Å². The van der Waals surface area contributed by atoms with Gasteiger partial charge in [0.05, 0.1) is 6.42 Å². The van der Waals surface area contributed by atoms with Gasteiger partial charge in [-0.1, -0.05) is 47.6 Å². The fraction of sp³-hybridized carbons (Fsp3) is 0.263. The molecule has 0 saturated heterocycles. The van der Waals surface area contributed by atoms with Gasteiger partial charge in [0.1, 0.15) is 5.69 Å². The second-order valence-electron chi connectivity index (χ2n) is 5.71. The highest BCUT2D eigenvalue weighted by molar-refractivity contribution is 5.86. The van der Waals surface area contributed by atoms with Crippen molar-refractivity contribution in [3.05, 3.63) is 65.9 Å². The number of halogens is 1. The van der Waals surface area contributed by atoms with E-state index in [0.717, 1.165) is 11.8 Å². The van der Waals surface area contributed by atoms with Gasteiger partial charge in [-0.3, -0.25) is 4.79 Å². The number of fused-ring (bicyclic) bond motifs is 1. The van der Waals surface area contributed by atoms with Crippen LogP contribution in [0, 0.1) is 0 Å². The molecule has 3 rings (SSSR count). The molecular weight excluding hydrogens is 338 g/mol. The quantitative estimate of drug-likeness (QED) is 0.704. The summed E-state index contributed by atoms with van der Waals surface area (Å²) < 4.78 is 5.27. The third kappa shape index (κ3) is 4.81. The van der Waals surface area contributed by atoms with Crippen LogP contribution in [-0.4, -0.2) is 35.6 Å². The number of amides is 1. The minimum atomic E-state index is 0. The molecule has 0 radical (unpaired) electrons. The number of carbonyl (C=O) groups excluding carboxylic acids is 1. The van der Waals surface area contributed by atoms with Crippen LogP contribution in [0.4, 0.5) is 0 Å². The Balaban J connectivity index is 0.00000225. The van der Waals surface area contributed by atoms with E-state index >= 15 is 0 Å². The number of hydrogen-bond donors (Lipinski definition) is 1. The molecule has 0 bridgehead atoms. The fourth-order valence-corrected chi connectivity index (χ4v) is 2.75. The molecule has 0 saturated carbocycles. The van der Waals surface area contributed by atoms with Gasteiger partial charge in [-0.05, 0) is 24.1 Å². The number of rotatable bonds is 7. The lowest BCUT2D eigenvalue weighted by Crippen LogP contribution is -2.38. The number of nitrogens with zero attached hydrogens (tertiary/aromatic N) is 2. The summed E-state index contributed by atoms with van der Waals surface area (Å²) in [5.74, 6) is 0.0236. The molecule has 1 heterocycles. The molecule has 0 spiro atoms. The number of para-hydroxylation sites is 1. The molecule has 1 aromatic heterocycles. The van der Waals surface area contributed by atoms with E-state index < -0.39 is 0 Å². The van der Waals surface area contributed by atoms with Gasteiger partial charge in [-0.25, -0.2) is 0 Å². The van der Waals surface area contributed by atoms with Crippen molar-refractivity contribution in [3.8, 4) is 0 Å². The van der Waals surface area contributed by atoms with Gasteiger partial charge >= 0.3 is 0 Å². The van der Waals surface area contributed by atoms with Crippen LogP contribution in [0.25, 0.3) is 11.0 Å². The van der Waals surface area contributed by atoms with Crippen LogP contribution in [-0.2, 0) is 17.6 Å². The molecular formula is C19H22ClN3O2. The number of benzene rings is 2. The Kier molecular flexibility index (Phi) is 6.98. The number of hydrogen-bond acceptors (Lipinski definition) is 4. The molecule has 2 N–H and O–H groups in total. The van der Waals surface area contributed by atoms with E-state index in [1.54, 1.807) is 4.90 Å². The molecule has 5 nitrogen and oxygen atoms in total. The van der Waals surface area contributed by atoms with Crippen LogP contribution in [0.5, 0.6) is 0 Å². The number of nitrogens with two attached hydrogens (primary N) is 1. The zero-order chi connectivity index (χ0) is 16.8. The van der Waals surface area contributed by atoms with Crippen LogP contribution < -0.4 is 5.73 Å². The molecule has 132 valence electrons. The maximum Gasteiger partial charge on any atom is 0.228 e. The van der Waals surface area contributed by atoms with E-state index in [-0.39, 0.29) is 24.7 Å². The summed E-state index contributed by atoms with van der Waals surface area (Å²) in [6.45, 7) is 1.64. The summed E-state index contributed by atoms with van der Waals surface area (Å²) >= 11 is 0. The Morgan fingerprint density at radius 2 is 1.76 bits per heavy atom. The predicted molar refractivity (Wildman–Crippen MR) is 101 cm³/mol. The second kappa shape index (κ2) is 9.20. The van der Waals surface area contributed by atoms with Crippen molar-refractivity contribution in [1.29, 1.82) is 0 Å². The van der Waals surface area contributed by atoms with Crippen LogP contribution in [0.1, 0.15) is 11.3 Å². The van der Waals surface area contributed by atoms with E-state index in [4.69, 9.17) is 10.3 Å². The molecule has 0 unspecified atom stereocenters. The van der Waals surface area contributed by atoms with Gasteiger partial charge in [0.25, 0.3) is 0 Å². The smallest absolute Gasteiger partial charge is 0.228 e. The lowest BCUT2D eigenvalue weighted by Gasteiger charge is -2.21. The van der Waals surface area contributed by atoms with Gasteiger partial charge in [0.15, 0.2) is 5.58 Å². The van der Waals surface area contributed by atoms with Crippen molar-refractivity contribution in [2.24, 2.45) is 5.73 Å². The molecule has 0 aliphatic heterocycles.